The van der Waals surface area contributed by atoms with Crippen LogP contribution in [0.15, 0.2) is 48.5 Å². The third-order valence-corrected chi connectivity index (χ3v) is 2.59. The second kappa shape index (κ2) is 4.87. The van der Waals surface area contributed by atoms with Crippen LogP contribution in [0.3, 0.4) is 0 Å². The fourth-order valence-corrected chi connectivity index (χ4v) is 1.78. The molecule has 2 rings (SSSR count). The number of rotatable bonds is 3. The number of halogens is 1. The maximum Gasteiger partial charge on any atom is 0.146 e. The minimum atomic E-state index is -0.241. The van der Waals surface area contributed by atoms with Gasteiger partial charge in [-0.2, -0.15) is 0 Å². The van der Waals surface area contributed by atoms with Crippen molar-refractivity contribution >= 4 is 5.69 Å². The number of phenolic OH excluding ortho intramolecular Hbond substituents is 1. The zero-order valence-electron chi connectivity index (χ0n) is 9.60. The van der Waals surface area contributed by atoms with Crippen molar-refractivity contribution in [2.45, 2.75) is 6.54 Å². The number of aromatic hydroxyl groups is 1. The lowest BCUT2D eigenvalue weighted by molar-refractivity contribution is 0.474. The Kier molecular flexibility index (Phi) is 3.28. The van der Waals surface area contributed by atoms with Gasteiger partial charge in [0.1, 0.15) is 11.6 Å². The first-order valence-electron chi connectivity index (χ1n) is 5.40. The molecule has 0 aliphatic carbocycles. The van der Waals surface area contributed by atoms with Crippen molar-refractivity contribution in [3.8, 4) is 5.75 Å². The van der Waals surface area contributed by atoms with Gasteiger partial charge in [-0.15, -0.1) is 0 Å². The van der Waals surface area contributed by atoms with Gasteiger partial charge in [-0.25, -0.2) is 4.39 Å². The summed E-state index contributed by atoms with van der Waals surface area (Å²) in [6.07, 6.45) is 0. The van der Waals surface area contributed by atoms with E-state index in [1.54, 1.807) is 36.4 Å². The number of anilines is 1. The van der Waals surface area contributed by atoms with E-state index in [1.807, 2.05) is 18.0 Å². The van der Waals surface area contributed by atoms with Crippen LogP contribution in [0.25, 0.3) is 0 Å². The fraction of sp³-hybridized carbons (Fsp3) is 0.143. The van der Waals surface area contributed by atoms with E-state index in [1.165, 1.54) is 6.07 Å². The number of hydrogen-bond acceptors (Lipinski definition) is 2. The maximum atomic E-state index is 13.5. The van der Waals surface area contributed by atoms with Crippen molar-refractivity contribution in [3.63, 3.8) is 0 Å². The largest absolute Gasteiger partial charge is 0.508 e. The van der Waals surface area contributed by atoms with E-state index in [4.69, 9.17) is 0 Å². The molecular weight excluding hydrogens is 217 g/mol. The lowest BCUT2D eigenvalue weighted by Gasteiger charge is -2.20. The Morgan fingerprint density at radius 1 is 1.12 bits per heavy atom. The van der Waals surface area contributed by atoms with Crippen molar-refractivity contribution < 1.29 is 9.50 Å². The van der Waals surface area contributed by atoms with Gasteiger partial charge in [0.2, 0.25) is 0 Å². The van der Waals surface area contributed by atoms with Gasteiger partial charge in [0.15, 0.2) is 0 Å². The fourth-order valence-electron chi connectivity index (χ4n) is 1.78. The van der Waals surface area contributed by atoms with Gasteiger partial charge >= 0.3 is 0 Å². The van der Waals surface area contributed by atoms with Crippen molar-refractivity contribution in [1.29, 1.82) is 0 Å². The molecule has 0 saturated heterocycles. The molecule has 0 heterocycles. The van der Waals surface area contributed by atoms with Crippen molar-refractivity contribution in [2.75, 3.05) is 11.9 Å². The standard InChI is InChI=1S/C14H14FNO/c1-16(14-8-3-2-7-13(14)15)10-11-5-4-6-12(17)9-11/h2-9,17H,10H2,1H3. The highest BCUT2D eigenvalue weighted by molar-refractivity contribution is 5.47. The molecule has 0 aromatic heterocycles. The van der Waals surface area contributed by atoms with E-state index < -0.39 is 0 Å². The van der Waals surface area contributed by atoms with Crippen molar-refractivity contribution in [3.05, 3.63) is 59.9 Å². The molecule has 2 nitrogen and oxygen atoms in total. The van der Waals surface area contributed by atoms with Crippen LogP contribution >= 0.6 is 0 Å². The van der Waals surface area contributed by atoms with Gasteiger partial charge < -0.3 is 10.0 Å². The van der Waals surface area contributed by atoms with Crippen LogP contribution in [0.2, 0.25) is 0 Å². The Morgan fingerprint density at radius 3 is 2.59 bits per heavy atom. The average Bonchev–Trinajstić information content (AvgIpc) is 2.29. The summed E-state index contributed by atoms with van der Waals surface area (Å²) in [6, 6.07) is 13.6. The molecule has 0 unspecified atom stereocenters. The number of hydrogen-bond donors (Lipinski definition) is 1. The summed E-state index contributed by atoms with van der Waals surface area (Å²) >= 11 is 0. The first kappa shape index (κ1) is 11.5. The zero-order chi connectivity index (χ0) is 12.3. The van der Waals surface area contributed by atoms with Crippen LogP contribution in [-0.4, -0.2) is 12.2 Å². The smallest absolute Gasteiger partial charge is 0.146 e. The highest BCUT2D eigenvalue weighted by atomic mass is 19.1. The van der Waals surface area contributed by atoms with Crippen LogP contribution in [0, 0.1) is 5.82 Å². The van der Waals surface area contributed by atoms with Gasteiger partial charge in [-0.05, 0) is 29.8 Å². The molecule has 0 atom stereocenters. The topological polar surface area (TPSA) is 23.5 Å². The van der Waals surface area contributed by atoms with E-state index >= 15 is 0 Å². The number of nitrogens with zero attached hydrogens (tertiary/aromatic N) is 1. The minimum absolute atomic E-state index is 0.226. The summed E-state index contributed by atoms with van der Waals surface area (Å²) in [5, 5.41) is 9.36. The van der Waals surface area contributed by atoms with E-state index in [0.717, 1.165) is 5.56 Å². The number of phenols is 1. The summed E-state index contributed by atoms with van der Waals surface area (Å²) < 4.78 is 13.5. The van der Waals surface area contributed by atoms with Crippen LogP contribution in [0.5, 0.6) is 5.75 Å². The molecule has 17 heavy (non-hydrogen) atoms. The molecule has 0 fully saturated rings. The summed E-state index contributed by atoms with van der Waals surface area (Å²) in [5.74, 6) is -0.0143. The van der Waals surface area contributed by atoms with Gasteiger partial charge in [0, 0.05) is 13.6 Å². The summed E-state index contributed by atoms with van der Waals surface area (Å²) in [6.45, 7) is 0.551. The number of para-hydroxylation sites is 1. The maximum absolute atomic E-state index is 13.5. The van der Waals surface area contributed by atoms with Crippen LogP contribution in [-0.2, 0) is 6.54 Å². The summed E-state index contributed by atoms with van der Waals surface area (Å²) in [4.78, 5) is 1.81. The van der Waals surface area contributed by atoms with E-state index in [0.29, 0.717) is 12.2 Å². The van der Waals surface area contributed by atoms with E-state index in [9.17, 15) is 9.50 Å². The molecule has 0 spiro atoms. The monoisotopic (exact) mass is 231 g/mol. The molecule has 0 amide bonds. The lowest BCUT2D eigenvalue weighted by atomic mass is 10.2. The van der Waals surface area contributed by atoms with Crippen LogP contribution in [0.4, 0.5) is 10.1 Å². The molecule has 88 valence electrons. The van der Waals surface area contributed by atoms with E-state index in [-0.39, 0.29) is 11.6 Å². The van der Waals surface area contributed by atoms with Crippen LogP contribution < -0.4 is 4.90 Å². The zero-order valence-corrected chi connectivity index (χ0v) is 9.60. The Balaban J connectivity index is 2.17. The molecule has 0 radical (unpaired) electrons. The number of benzene rings is 2. The molecule has 0 saturated carbocycles. The molecule has 2 aromatic carbocycles. The SMILES string of the molecule is CN(Cc1cccc(O)c1)c1ccccc1F. The molecular formula is C14H14FNO. The predicted octanol–water partition coefficient (Wildman–Crippen LogP) is 3.17. The highest BCUT2D eigenvalue weighted by Gasteiger charge is 2.07. The van der Waals surface area contributed by atoms with Crippen LogP contribution in [0.1, 0.15) is 5.56 Å². The first-order valence-corrected chi connectivity index (χ1v) is 5.40. The molecule has 1 N–H and O–H groups in total. The molecule has 0 aliphatic rings. The third kappa shape index (κ3) is 2.75. The molecule has 2 aromatic rings. The highest BCUT2D eigenvalue weighted by Crippen LogP contribution is 2.20. The predicted molar refractivity (Wildman–Crippen MR) is 66.6 cm³/mol. The average molecular weight is 231 g/mol. The van der Waals surface area contributed by atoms with E-state index in [2.05, 4.69) is 0 Å². The Hall–Kier alpha value is -2.03. The minimum Gasteiger partial charge on any atom is -0.508 e. The summed E-state index contributed by atoms with van der Waals surface area (Å²) in [5.41, 5.74) is 1.49. The van der Waals surface area contributed by atoms with Crippen molar-refractivity contribution in [2.24, 2.45) is 0 Å². The molecule has 0 aliphatic heterocycles. The lowest BCUT2D eigenvalue weighted by Crippen LogP contribution is -2.17. The molecule has 0 bridgehead atoms. The normalized spacial score (nSPS) is 10.2. The third-order valence-electron chi connectivity index (χ3n) is 2.59. The first-order chi connectivity index (χ1) is 8.16. The summed E-state index contributed by atoms with van der Waals surface area (Å²) in [7, 11) is 1.82. The second-order valence-corrected chi connectivity index (χ2v) is 3.98. The van der Waals surface area contributed by atoms with Gasteiger partial charge in [-0.1, -0.05) is 24.3 Å². The second-order valence-electron chi connectivity index (χ2n) is 3.98. The van der Waals surface area contributed by atoms with Crippen molar-refractivity contribution in [1.82, 2.24) is 0 Å². The Labute approximate surface area is 99.9 Å². The van der Waals surface area contributed by atoms with Gasteiger partial charge in [0.05, 0.1) is 5.69 Å². The molecule has 3 heteroatoms. The quantitative estimate of drug-likeness (QED) is 0.877. The Bertz CT molecular complexity index is 513. The van der Waals surface area contributed by atoms with Gasteiger partial charge in [-0.3, -0.25) is 0 Å². The van der Waals surface area contributed by atoms with Gasteiger partial charge in [0.25, 0.3) is 0 Å². The Morgan fingerprint density at radius 2 is 1.88 bits per heavy atom.